The average molecular weight is 444 g/mol. The first-order chi connectivity index (χ1) is 11.9. The number of benzene rings is 1. The lowest BCUT2D eigenvalue weighted by molar-refractivity contribution is -0.114. The van der Waals surface area contributed by atoms with Crippen molar-refractivity contribution in [3.8, 4) is 0 Å². The van der Waals surface area contributed by atoms with Crippen LogP contribution in [0.2, 0.25) is 10.0 Å². The predicted octanol–water partition coefficient (Wildman–Crippen LogP) is 3.51. The molecule has 1 amide bonds. The zero-order valence-electron chi connectivity index (χ0n) is 13.3. The number of rotatable bonds is 4. The van der Waals surface area contributed by atoms with Crippen LogP contribution in [-0.2, 0) is 11.8 Å². The molecular formula is C15H13BrCl2N6O. The van der Waals surface area contributed by atoms with E-state index in [2.05, 4.69) is 36.3 Å². The number of hydrogen-bond donors (Lipinski definition) is 1. The summed E-state index contributed by atoms with van der Waals surface area (Å²) in [6.07, 6.45) is 1.44. The van der Waals surface area contributed by atoms with Crippen molar-refractivity contribution in [1.29, 1.82) is 0 Å². The van der Waals surface area contributed by atoms with Crippen molar-refractivity contribution in [2.75, 3.05) is 23.8 Å². The van der Waals surface area contributed by atoms with Crippen LogP contribution in [0.4, 0.5) is 11.5 Å². The molecule has 25 heavy (non-hydrogen) atoms. The van der Waals surface area contributed by atoms with Gasteiger partial charge in [0, 0.05) is 19.8 Å². The molecule has 1 aromatic carbocycles. The van der Waals surface area contributed by atoms with Crippen molar-refractivity contribution < 1.29 is 4.79 Å². The highest BCUT2D eigenvalue weighted by Crippen LogP contribution is 2.29. The highest BCUT2D eigenvalue weighted by atomic mass is 79.9. The topological polar surface area (TPSA) is 75.9 Å². The number of carbonyl (C=O) groups is 1. The number of halogens is 3. The van der Waals surface area contributed by atoms with E-state index in [9.17, 15) is 4.79 Å². The number of nitrogens with one attached hydrogen (secondary N) is 1. The number of hydrogen-bond acceptors (Lipinski definition) is 5. The molecule has 0 aliphatic heterocycles. The van der Waals surface area contributed by atoms with Crippen LogP contribution in [0, 0.1) is 0 Å². The quantitative estimate of drug-likeness (QED) is 0.667. The summed E-state index contributed by atoms with van der Waals surface area (Å²) < 4.78 is 2.27. The molecule has 0 aliphatic carbocycles. The monoisotopic (exact) mass is 442 g/mol. The molecule has 0 radical (unpaired) electrons. The van der Waals surface area contributed by atoms with Crippen LogP contribution in [0.5, 0.6) is 0 Å². The van der Waals surface area contributed by atoms with Crippen molar-refractivity contribution in [2.45, 2.75) is 0 Å². The summed E-state index contributed by atoms with van der Waals surface area (Å²) >= 11 is 15.2. The minimum atomic E-state index is -0.215. The Hall–Kier alpha value is -1.90. The molecule has 0 bridgehead atoms. The molecule has 0 aliphatic rings. The van der Waals surface area contributed by atoms with Crippen LogP contribution in [-0.4, -0.2) is 39.2 Å². The van der Waals surface area contributed by atoms with Gasteiger partial charge in [0.2, 0.25) is 5.91 Å². The van der Waals surface area contributed by atoms with Crippen molar-refractivity contribution in [2.24, 2.45) is 7.05 Å². The van der Waals surface area contributed by atoms with Gasteiger partial charge in [-0.3, -0.25) is 4.79 Å². The fourth-order valence-corrected chi connectivity index (χ4v) is 3.27. The van der Waals surface area contributed by atoms with Crippen LogP contribution in [0.3, 0.4) is 0 Å². The summed E-state index contributed by atoms with van der Waals surface area (Å²) in [5.74, 6) is 0.391. The lowest BCUT2D eigenvalue weighted by atomic mass is 10.3. The van der Waals surface area contributed by atoms with Gasteiger partial charge in [-0.25, -0.2) is 14.6 Å². The van der Waals surface area contributed by atoms with Crippen LogP contribution in [0.15, 0.2) is 29.1 Å². The number of nitrogens with zero attached hydrogens (tertiary/aromatic N) is 5. The van der Waals surface area contributed by atoms with Gasteiger partial charge in [0.15, 0.2) is 5.65 Å². The van der Waals surface area contributed by atoms with Gasteiger partial charge >= 0.3 is 0 Å². The molecule has 0 fully saturated rings. The Labute approximate surface area is 162 Å². The Morgan fingerprint density at radius 2 is 2.08 bits per heavy atom. The second-order valence-electron chi connectivity index (χ2n) is 5.34. The van der Waals surface area contributed by atoms with Gasteiger partial charge in [0.1, 0.15) is 16.7 Å². The first kappa shape index (κ1) is 17.9. The number of anilines is 2. The molecular weight excluding hydrogens is 431 g/mol. The molecule has 2 heterocycles. The standard InChI is InChI=1S/C15H13BrCl2N6O/c1-23(6-11(25)21-8-3-4-9(17)10(18)5-8)14-12-13(16)22-24(2)15(12)20-7-19-14/h3-5,7H,6H2,1-2H3,(H,21,25). The third-order valence-electron chi connectivity index (χ3n) is 3.50. The number of aromatic nitrogens is 4. The Kier molecular flexibility index (Phi) is 5.12. The third kappa shape index (κ3) is 3.70. The van der Waals surface area contributed by atoms with Gasteiger partial charge < -0.3 is 10.2 Å². The van der Waals surface area contributed by atoms with E-state index < -0.39 is 0 Å². The van der Waals surface area contributed by atoms with E-state index in [0.717, 1.165) is 5.39 Å². The van der Waals surface area contributed by atoms with Crippen LogP contribution in [0.25, 0.3) is 11.0 Å². The third-order valence-corrected chi connectivity index (χ3v) is 4.80. The SMILES string of the molecule is CN(CC(=O)Nc1ccc(Cl)c(Cl)c1)c1ncnc2c1c(Br)nn2C. The lowest BCUT2D eigenvalue weighted by Crippen LogP contribution is -2.30. The fourth-order valence-electron chi connectivity index (χ4n) is 2.38. The van der Waals surface area contributed by atoms with Gasteiger partial charge in [-0.2, -0.15) is 5.10 Å². The van der Waals surface area contributed by atoms with E-state index in [1.807, 2.05) is 0 Å². The molecule has 2 aromatic heterocycles. The molecule has 0 spiro atoms. The Morgan fingerprint density at radius 1 is 1.32 bits per heavy atom. The van der Waals surface area contributed by atoms with E-state index in [1.165, 1.54) is 6.33 Å². The van der Waals surface area contributed by atoms with E-state index in [0.29, 0.717) is 31.8 Å². The number of carbonyl (C=O) groups excluding carboxylic acids is 1. The molecule has 7 nitrogen and oxygen atoms in total. The first-order valence-corrected chi connectivity index (χ1v) is 8.71. The van der Waals surface area contributed by atoms with Crippen LogP contribution < -0.4 is 10.2 Å². The maximum absolute atomic E-state index is 12.3. The number of aryl methyl sites for hydroxylation is 1. The van der Waals surface area contributed by atoms with Crippen LogP contribution in [0.1, 0.15) is 0 Å². The fraction of sp³-hybridized carbons (Fsp3) is 0.200. The molecule has 0 saturated heterocycles. The summed E-state index contributed by atoms with van der Waals surface area (Å²) in [5, 5.41) is 8.61. The summed E-state index contributed by atoms with van der Waals surface area (Å²) in [4.78, 5) is 22.5. The van der Waals surface area contributed by atoms with Crippen molar-refractivity contribution in [3.05, 3.63) is 39.2 Å². The summed E-state index contributed by atoms with van der Waals surface area (Å²) in [6, 6.07) is 4.92. The summed E-state index contributed by atoms with van der Waals surface area (Å²) in [5.41, 5.74) is 1.25. The van der Waals surface area contributed by atoms with Gasteiger partial charge in [0.25, 0.3) is 0 Å². The number of fused-ring (bicyclic) bond motifs is 1. The van der Waals surface area contributed by atoms with Crippen molar-refractivity contribution >= 4 is 67.6 Å². The Morgan fingerprint density at radius 3 is 2.80 bits per heavy atom. The predicted molar refractivity (Wildman–Crippen MR) is 102 cm³/mol. The molecule has 1 N–H and O–H groups in total. The molecule has 3 aromatic rings. The highest BCUT2D eigenvalue weighted by molar-refractivity contribution is 9.10. The minimum absolute atomic E-state index is 0.0910. The largest absolute Gasteiger partial charge is 0.350 e. The summed E-state index contributed by atoms with van der Waals surface area (Å²) in [7, 11) is 3.57. The number of likely N-dealkylation sites (N-methyl/N-ethyl adjacent to an activating group) is 1. The highest BCUT2D eigenvalue weighted by Gasteiger charge is 2.18. The van der Waals surface area contributed by atoms with Gasteiger partial charge in [-0.1, -0.05) is 23.2 Å². The minimum Gasteiger partial charge on any atom is -0.350 e. The Bertz CT molecular complexity index is 961. The van der Waals surface area contributed by atoms with E-state index in [-0.39, 0.29) is 12.5 Å². The first-order valence-electron chi connectivity index (χ1n) is 7.16. The normalized spacial score (nSPS) is 10.9. The number of amides is 1. The Balaban J connectivity index is 1.79. The van der Waals surface area contributed by atoms with E-state index in [4.69, 9.17) is 23.2 Å². The molecule has 130 valence electrons. The second-order valence-corrected chi connectivity index (χ2v) is 6.91. The van der Waals surface area contributed by atoms with Gasteiger partial charge in [-0.15, -0.1) is 0 Å². The zero-order valence-corrected chi connectivity index (χ0v) is 16.4. The maximum atomic E-state index is 12.3. The second kappa shape index (κ2) is 7.15. The smallest absolute Gasteiger partial charge is 0.243 e. The molecule has 0 atom stereocenters. The van der Waals surface area contributed by atoms with Crippen molar-refractivity contribution in [3.63, 3.8) is 0 Å². The van der Waals surface area contributed by atoms with Gasteiger partial charge in [0.05, 0.1) is 22.0 Å². The van der Waals surface area contributed by atoms with E-state index in [1.54, 1.807) is 41.9 Å². The lowest BCUT2D eigenvalue weighted by Gasteiger charge is -2.18. The van der Waals surface area contributed by atoms with Crippen LogP contribution >= 0.6 is 39.1 Å². The molecule has 0 unspecified atom stereocenters. The maximum Gasteiger partial charge on any atom is 0.243 e. The van der Waals surface area contributed by atoms with Crippen molar-refractivity contribution in [1.82, 2.24) is 19.7 Å². The molecule has 10 heteroatoms. The average Bonchev–Trinajstić information content (AvgIpc) is 2.85. The zero-order chi connectivity index (χ0) is 18.1. The summed E-state index contributed by atoms with van der Waals surface area (Å²) in [6.45, 7) is 0.0910. The van der Waals surface area contributed by atoms with E-state index >= 15 is 0 Å². The molecule has 0 saturated carbocycles. The molecule has 3 rings (SSSR count). The van der Waals surface area contributed by atoms with Gasteiger partial charge in [-0.05, 0) is 34.1 Å².